The Morgan fingerprint density at radius 1 is 1.29 bits per heavy atom. The lowest BCUT2D eigenvalue weighted by Crippen LogP contribution is -2.57. The molecule has 1 atom stereocenters. The van der Waals surface area contributed by atoms with E-state index in [4.69, 9.17) is 4.74 Å². The van der Waals surface area contributed by atoms with Crippen LogP contribution in [0.25, 0.3) is 5.69 Å². The van der Waals surface area contributed by atoms with Gasteiger partial charge in [-0.25, -0.2) is 4.68 Å². The first-order chi connectivity index (χ1) is 13.4. The number of para-hydroxylation sites is 1. The third kappa shape index (κ3) is 4.63. The highest BCUT2D eigenvalue weighted by atomic mass is 19.4. The van der Waals surface area contributed by atoms with Crippen LogP contribution in [-0.4, -0.2) is 72.6 Å². The fraction of sp³-hybridized carbons (Fsp3) is 0.444. The van der Waals surface area contributed by atoms with E-state index >= 15 is 0 Å². The molecular formula is C18H22F3N5O2. The Labute approximate surface area is 160 Å². The van der Waals surface area contributed by atoms with Crippen molar-refractivity contribution < 1.29 is 22.7 Å². The number of rotatable bonds is 6. The molecule has 1 aromatic carbocycles. The molecule has 0 saturated carbocycles. The molecule has 28 heavy (non-hydrogen) atoms. The van der Waals surface area contributed by atoms with E-state index in [9.17, 15) is 18.0 Å². The molecule has 152 valence electrons. The van der Waals surface area contributed by atoms with Crippen molar-refractivity contribution in [3.8, 4) is 11.4 Å². The van der Waals surface area contributed by atoms with E-state index in [2.05, 4.69) is 15.7 Å². The monoisotopic (exact) mass is 397 g/mol. The highest BCUT2D eigenvalue weighted by Gasteiger charge is 2.44. The average Bonchev–Trinajstić information content (AvgIpc) is 3.13. The minimum Gasteiger partial charge on any atom is -0.493 e. The summed E-state index contributed by atoms with van der Waals surface area (Å²) in [6.07, 6.45) is -2.93. The highest BCUT2D eigenvalue weighted by molar-refractivity contribution is 5.95. The van der Waals surface area contributed by atoms with Gasteiger partial charge in [0.05, 0.1) is 19.0 Å². The molecule has 10 heteroatoms. The third-order valence-electron chi connectivity index (χ3n) is 4.56. The van der Waals surface area contributed by atoms with Gasteiger partial charge in [-0.1, -0.05) is 18.2 Å². The lowest BCUT2D eigenvalue weighted by molar-refractivity contribution is -0.183. The summed E-state index contributed by atoms with van der Waals surface area (Å²) in [6, 6.07) is 7.29. The smallest absolute Gasteiger partial charge is 0.405 e. The SMILES string of the molecule is COc1cn(-c2ccccc2)nc1C(=O)NCC(N1CCNCC1)C(F)(F)F. The lowest BCUT2D eigenvalue weighted by atomic mass is 10.2. The number of hydrogen-bond acceptors (Lipinski definition) is 5. The number of hydrogen-bond donors (Lipinski definition) is 2. The molecule has 2 heterocycles. The molecule has 7 nitrogen and oxygen atoms in total. The van der Waals surface area contributed by atoms with Crippen LogP contribution in [0.3, 0.4) is 0 Å². The molecule has 0 aliphatic carbocycles. The zero-order valence-corrected chi connectivity index (χ0v) is 15.4. The molecule has 1 unspecified atom stereocenters. The summed E-state index contributed by atoms with van der Waals surface area (Å²) < 4.78 is 47.0. The van der Waals surface area contributed by atoms with Gasteiger partial charge >= 0.3 is 6.18 Å². The second-order valence-electron chi connectivity index (χ2n) is 6.38. The highest BCUT2D eigenvalue weighted by Crippen LogP contribution is 2.25. The van der Waals surface area contributed by atoms with E-state index in [1.54, 1.807) is 12.1 Å². The summed E-state index contributed by atoms with van der Waals surface area (Å²) in [5, 5.41) is 9.56. The molecular weight excluding hydrogens is 375 g/mol. The number of alkyl halides is 3. The van der Waals surface area contributed by atoms with E-state index in [0.717, 1.165) is 0 Å². The van der Waals surface area contributed by atoms with Crippen LogP contribution in [-0.2, 0) is 0 Å². The summed E-state index contributed by atoms with van der Waals surface area (Å²) >= 11 is 0. The minimum absolute atomic E-state index is 0.0624. The second kappa shape index (κ2) is 8.61. The Hall–Kier alpha value is -2.59. The maximum atomic E-state index is 13.5. The Morgan fingerprint density at radius 3 is 2.57 bits per heavy atom. The number of carbonyl (C=O) groups is 1. The molecule has 2 aromatic rings. The van der Waals surface area contributed by atoms with Crippen molar-refractivity contribution in [2.75, 3.05) is 39.8 Å². The number of aromatic nitrogens is 2. The standard InChI is InChI=1S/C18H22F3N5O2/c1-28-14-12-26(13-5-3-2-4-6-13)24-16(14)17(27)23-11-15(18(19,20)21)25-9-7-22-8-10-25/h2-6,12,15,22H,7-11H2,1H3,(H,23,27). The van der Waals surface area contributed by atoms with E-state index < -0.39 is 24.7 Å². The maximum Gasteiger partial charge on any atom is 0.405 e. The van der Waals surface area contributed by atoms with Crippen molar-refractivity contribution in [1.82, 2.24) is 25.3 Å². The zero-order valence-electron chi connectivity index (χ0n) is 15.4. The van der Waals surface area contributed by atoms with Crippen molar-refractivity contribution >= 4 is 5.91 Å². The molecule has 2 N–H and O–H groups in total. The van der Waals surface area contributed by atoms with Gasteiger partial charge in [-0.15, -0.1) is 0 Å². The van der Waals surface area contributed by atoms with Crippen LogP contribution in [0.5, 0.6) is 5.75 Å². The van der Waals surface area contributed by atoms with Gasteiger partial charge in [0.25, 0.3) is 5.91 Å². The first-order valence-corrected chi connectivity index (χ1v) is 8.89. The maximum absolute atomic E-state index is 13.5. The molecule has 1 aliphatic heterocycles. The number of carbonyl (C=O) groups excluding carboxylic acids is 1. The average molecular weight is 397 g/mol. The third-order valence-corrected chi connectivity index (χ3v) is 4.56. The van der Waals surface area contributed by atoms with Gasteiger partial charge in [-0.3, -0.25) is 9.69 Å². The molecule has 1 fully saturated rings. The Balaban J connectivity index is 1.73. The van der Waals surface area contributed by atoms with Gasteiger partial charge in [0.2, 0.25) is 0 Å². The van der Waals surface area contributed by atoms with Crippen molar-refractivity contribution in [3.63, 3.8) is 0 Å². The van der Waals surface area contributed by atoms with Crippen molar-refractivity contribution in [1.29, 1.82) is 0 Å². The number of ether oxygens (including phenoxy) is 1. The van der Waals surface area contributed by atoms with E-state index in [0.29, 0.717) is 18.8 Å². The molecule has 1 amide bonds. The normalized spacial score (nSPS) is 16.6. The molecule has 0 spiro atoms. The van der Waals surface area contributed by atoms with Crippen molar-refractivity contribution in [2.45, 2.75) is 12.2 Å². The van der Waals surface area contributed by atoms with Gasteiger partial charge in [0.15, 0.2) is 11.4 Å². The lowest BCUT2D eigenvalue weighted by Gasteiger charge is -2.35. The predicted molar refractivity (Wildman–Crippen MR) is 96.7 cm³/mol. The van der Waals surface area contributed by atoms with Crippen molar-refractivity contribution in [2.24, 2.45) is 0 Å². The predicted octanol–water partition coefficient (Wildman–Crippen LogP) is 1.45. The Kier molecular flexibility index (Phi) is 6.20. The van der Waals surface area contributed by atoms with Crippen LogP contribution >= 0.6 is 0 Å². The molecule has 3 rings (SSSR count). The van der Waals surface area contributed by atoms with Crippen LogP contribution in [0.1, 0.15) is 10.5 Å². The summed E-state index contributed by atoms with van der Waals surface area (Å²) in [4.78, 5) is 13.8. The zero-order chi connectivity index (χ0) is 20.1. The van der Waals surface area contributed by atoms with Gasteiger partial charge < -0.3 is 15.4 Å². The van der Waals surface area contributed by atoms with Gasteiger partial charge in [0.1, 0.15) is 6.04 Å². The molecule has 0 bridgehead atoms. The first kappa shape index (κ1) is 20.2. The number of piperazine rings is 1. The van der Waals surface area contributed by atoms with Crippen LogP contribution in [0, 0.1) is 0 Å². The van der Waals surface area contributed by atoms with Crippen LogP contribution in [0.15, 0.2) is 36.5 Å². The number of halogens is 3. The topological polar surface area (TPSA) is 71.4 Å². The van der Waals surface area contributed by atoms with E-state index in [1.165, 1.54) is 22.9 Å². The molecule has 0 radical (unpaired) electrons. The quantitative estimate of drug-likeness (QED) is 0.772. The fourth-order valence-corrected chi connectivity index (χ4v) is 3.10. The number of benzene rings is 1. The Morgan fingerprint density at radius 2 is 1.96 bits per heavy atom. The van der Waals surface area contributed by atoms with E-state index in [-0.39, 0.29) is 24.5 Å². The fourth-order valence-electron chi connectivity index (χ4n) is 3.10. The van der Waals surface area contributed by atoms with Gasteiger partial charge in [0, 0.05) is 32.7 Å². The molecule has 1 saturated heterocycles. The summed E-state index contributed by atoms with van der Waals surface area (Å²) in [5.41, 5.74) is 0.640. The van der Waals surface area contributed by atoms with Crippen LogP contribution in [0.2, 0.25) is 0 Å². The van der Waals surface area contributed by atoms with Gasteiger partial charge in [-0.05, 0) is 12.1 Å². The number of nitrogens with zero attached hydrogens (tertiary/aromatic N) is 3. The first-order valence-electron chi connectivity index (χ1n) is 8.89. The number of nitrogens with one attached hydrogen (secondary N) is 2. The van der Waals surface area contributed by atoms with Crippen molar-refractivity contribution in [3.05, 3.63) is 42.2 Å². The van der Waals surface area contributed by atoms with Crippen LogP contribution < -0.4 is 15.4 Å². The largest absolute Gasteiger partial charge is 0.493 e. The number of amides is 1. The number of methoxy groups -OCH3 is 1. The minimum atomic E-state index is -4.45. The Bertz CT molecular complexity index is 788. The van der Waals surface area contributed by atoms with Gasteiger partial charge in [-0.2, -0.15) is 18.3 Å². The summed E-state index contributed by atoms with van der Waals surface area (Å²) in [5.74, 6) is -0.525. The molecule has 1 aromatic heterocycles. The summed E-state index contributed by atoms with van der Waals surface area (Å²) in [7, 11) is 1.38. The van der Waals surface area contributed by atoms with E-state index in [1.807, 2.05) is 18.2 Å². The summed E-state index contributed by atoms with van der Waals surface area (Å²) in [6.45, 7) is 0.952. The molecule has 1 aliphatic rings. The van der Waals surface area contributed by atoms with Crippen LogP contribution in [0.4, 0.5) is 13.2 Å². The second-order valence-corrected chi connectivity index (χ2v) is 6.38.